The monoisotopic (exact) mass is 313 g/mol. The van der Waals surface area contributed by atoms with Gasteiger partial charge in [0.25, 0.3) is 0 Å². The smallest absolute Gasteiger partial charge is 0.247 e. The molecule has 122 valence electrons. The summed E-state index contributed by atoms with van der Waals surface area (Å²) in [6, 6.07) is 7.77. The molecule has 2 atom stereocenters. The Bertz CT molecular complexity index is 624. The van der Waals surface area contributed by atoms with Crippen LogP contribution in [0, 0.1) is 5.92 Å². The molecule has 2 fully saturated rings. The molecule has 2 aliphatic heterocycles. The summed E-state index contributed by atoms with van der Waals surface area (Å²) in [6.45, 7) is 0.714. The minimum atomic E-state index is -0.165. The number of para-hydroxylation sites is 2. The van der Waals surface area contributed by atoms with Gasteiger partial charge < -0.3 is 15.5 Å². The van der Waals surface area contributed by atoms with E-state index in [1.54, 1.807) is 0 Å². The first-order valence-corrected chi connectivity index (χ1v) is 8.66. The third-order valence-electron chi connectivity index (χ3n) is 5.39. The Kier molecular flexibility index (Phi) is 3.71. The van der Waals surface area contributed by atoms with Crippen LogP contribution >= 0.6 is 0 Å². The maximum atomic E-state index is 12.3. The van der Waals surface area contributed by atoms with E-state index in [2.05, 4.69) is 15.5 Å². The molecule has 2 amide bonds. The number of carbonyl (C=O) groups excluding carboxylic acids is 2. The van der Waals surface area contributed by atoms with E-state index in [-0.39, 0.29) is 23.9 Å². The maximum absolute atomic E-state index is 12.3. The summed E-state index contributed by atoms with van der Waals surface area (Å²) in [7, 11) is 0. The first-order valence-electron chi connectivity index (χ1n) is 8.66. The van der Waals surface area contributed by atoms with Crippen molar-refractivity contribution >= 4 is 23.2 Å². The van der Waals surface area contributed by atoms with E-state index in [1.807, 2.05) is 24.3 Å². The average molecular weight is 313 g/mol. The number of nitrogens with zero attached hydrogens (tertiary/aromatic N) is 1. The summed E-state index contributed by atoms with van der Waals surface area (Å²) < 4.78 is 0. The Labute approximate surface area is 136 Å². The zero-order valence-corrected chi connectivity index (χ0v) is 13.3. The normalized spacial score (nSPS) is 26.6. The van der Waals surface area contributed by atoms with Gasteiger partial charge in [-0.2, -0.15) is 0 Å². The van der Waals surface area contributed by atoms with E-state index in [9.17, 15) is 9.59 Å². The Morgan fingerprint density at radius 1 is 1.26 bits per heavy atom. The van der Waals surface area contributed by atoms with Crippen LogP contribution in [0.4, 0.5) is 11.4 Å². The van der Waals surface area contributed by atoms with Crippen LogP contribution in [-0.4, -0.2) is 30.4 Å². The molecule has 1 aromatic carbocycles. The Morgan fingerprint density at radius 2 is 2.04 bits per heavy atom. The van der Waals surface area contributed by atoms with Crippen molar-refractivity contribution in [3.05, 3.63) is 24.3 Å². The standard InChI is InChI=1S/C18H23N3O2/c22-17(9-12-5-1-2-6-12)19-13-10-16-18(23)20-14-7-3-4-8-15(14)21(16)11-13/h3-4,7-8,12-13,16H,1-2,5-6,9-11H2,(H,19,22)(H,20,23). The van der Waals surface area contributed by atoms with Crippen LogP contribution in [0.25, 0.3) is 0 Å². The first kappa shape index (κ1) is 14.5. The SMILES string of the molecule is O=C(CC1CCCC1)NC1CC2C(=O)Nc3ccccc3N2C1. The molecule has 1 saturated carbocycles. The Hall–Kier alpha value is -2.04. The van der Waals surface area contributed by atoms with Crippen molar-refractivity contribution in [1.82, 2.24) is 5.32 Å². The van der Waals surface area contributed by atoms with Crippen LogP contribution in [0.3, 0.4) is 0 Å². The highest BCUT2D eigenvalue weighted by atomic mass is 16.2. The third kappa shape index (κ3) is 2.80. The molecule has 2 unspecified atom stereocenters. The van der Waals surface area contributed by atoms with Crippen molar-refractivity contribution in [2.75, 3.05) is 16.8 Å². The topological polar surface area (TPSA) is 61.4 Å². The van der Waals surface area contributed by atoms with Crippen LogP contribution < -0.4 is 15.5 Å². The van der Waals surface area contributed by atoms with Crippen molar-refractivity contribution in [2.45, 2.75) is 50.6 Å². The molecule has 5 heteroatoms. The molecule has 0 spiro atoms. The molecule has 1 aliphatic carbocycles. The molecule has 4 rings (SSSR count). The summed E-state index contributed by atoms with van der Waals surface area (Å²) in [5.74, 6) is 0.745. The van der Waals surface area contributed by atoms with Crippen molar-refractivity contribution in [3.63, 3.8) is 0 Å². The molecule has 1 saturated heterocycles. The molecule has 2 heterocycles. The van der Waals surface area contributed by atoms with Crippen LogP contribution in [-0.2, 0) is 9.59 Å². The van der Waals surface area contributed by atoms with Crippen LogP contribution in [0.15, 0.2) is 24.3 Å². The zero-order valence-electron chi connectivity index (χ0n) is 13.3. The quantitative estimate of drug-likeness (QED) is 0.900. The number of amides is 2. The van der Waals surface area contributed by atoms with Crippen LogP contribution in [0.1, 0.15) is 38.5 Å². The van der Waals surface area contributed by atoms with Gasteiger partial charge in [-0.15, -0.1) is 0 Å². The number of benzene rings is 1. The van der Waals surface area contributed by atoms with Gasteiger partial charge in [0.1, 0.15) is 6.04 Å². The highest BCUT2D eigenvalue weighted by Gasteiger charge is 2.41. The lowest BCUT2D eigenvalue weighted by atomic mass is 10.0. The van der Waals surface area contributed by atoms with Crippen molar-refractivity contribution in [1.29, 1.82) is 0 Å². The predicted octanol–water partition coefficient (Wildman–Crippen LogP) is 2.28. The lowest BCUT2D eigenvalue weighted by molar-refractivity contribution is -0.123. The van der Waals surface area contributed by atoms with E-state index in [1.165, 1.54) is 25.7 Å². The van der Waals surface area contributed by atoms with E-state index >= 15 is 0 Å². The molecule has 5 nitrogen and oxygen atoms in total. The summed E-state index contributed by atoms with van der Waals surface area (Å²) in [5, 5.41) is 6.12. The molecule has 1 aromatic rings. The van der Waals surface area contributed by atoms with Gasteiger partial charge in [-0.25, -0.2) is 0 Å². The number of carbonyl (C=O) groups is 2. The highest BCUT2D eigenvalue weighted by Crippen LogP contribution is 2.36. The fourth-order valence-corrected chi connectivity index (χ4v) is 4.26. The lowest BCUT2D eigenvalue weighted by Gasteiger charge is -2.32. The van der Waals surface area contributed by atoms with E-state index in [0.29, 0.717) is 25.3 Å². The lowest BCUT2D eigenvalue weighted by Crippen LogP contribution is -2.44. The summed E-state index contributed by atoms with van der Waals surface area (Å²) in [5.41, 5.74) is 1.93. The average Bonchev–Trinajstić information content (AvgIpc) is 3.17. The molecule has 0 aromatic heterocycles. The fraction of sp³-hybridized carbons (Fsp3) is 0.556. The van der Waals surface area contributed by atoms with Gasteiger partial charge in [-0.3, -0.25) is 9.59 Å². The summed E-state index contributed by atoms with van der Waals surface area (Å²) >= 11 is 0. The number of fused-ring (bicyclic) bond motifs is 3. The number of anilines is 2. The molecule has 0 radical (unpaired) electrons. The second-order valence-electron chi connectivity index (χ2n) is 7.03. The largest absolute Gasteiger partial charge is 0.356 e. The highest BCUT2D eigenvalue weighted by molar-refractivity contribution is 6.04. The molecule has 0 bridgehead atoms. The van der Waals surface area contributed by atoms with Gasteiger partial charge in [0.2, 0.25) is 11.8 Å². The van der Waals surface area contributed by atoms with E-state index in [4.69, 9.17) is 0 Å². The first-order chi connectivity index (χ1) is 11.2. The second-order valence-corrected chi connectivity index (χ2v) is 7.03. The molecule has 23 heavy (non-hydrogen) atoms. The summed E-state index contributed by atoms with van der Waals surface area (Å²) in [4.78, 5) is 26.7. The maximum Gasteiger partial charge on any atom is 0.247 e. The molecule has 2 N–H and O–H groups in total. The van der Waals surface area contributed by atoms with Gasteiger partial charge >= 0.3 is 0 Å². The molecule has 3 aliphatic rings. The number of nitrogens with one attached hydrogen (secondary N) is 2. The second kappa shape index (κ2) is 5.87. The fourth-order valence-electron chi connectivity index (χ4n) is 4.26. The number of rotatable bonds is 3. The van der Waals surface area contributed by atoms with Crippen molar-refractivity contribution < 1.29 is 9.59 Å². The van der Waals surface area contributed by atoms with Gasteiger partial charge in [0.15, 0.2) is 0 Å². The minimum absolute atomic E-state index is 0.0382. The molecular formula is C18H23N3O2. The number of hydrogen-bond acceptors (Lipinski definition) is 3. The Morgan fingerprint density at radius 3 is 2.87 bits per heavy atom. The van der Waals surface area contributed by atoms with E-state index in [0.717, 1.165) is 11.4 Å². The van der Waals surface area contributed by atoms with Gasteiger partial charge in [0.05, 0.1) is 11.4 Å². The predicted molar refractivity (Wildman–Crippen MR) is 89.3 cm³/mol. The molecular weight excluding hydrogens is 290 g/mol. The van der Waals surface area contributed by atoms with Crippen molar-refractivity contribution in [3.8, 4) is 0 Å². The van der Waals surface area contributed by atoms with Crippen LogP contribution in [0.2, 0.25) is 0 Å². The van der Waals surface area contributed by atoms with Gasteiger partial charge in [-0.05, 0) is 37.3 Å². The minimum Gasteiger partial charge on any atom is -0.356 e. The van der Waals surface area contributed by atoms with E-state index < -0.39 is 0 Å². The third-order valence-corrected chi connectivity index (χ3v) is 5.39. The number of hydrogen-bond donors (Lipinski definition) is 2. The van der Waals surface area contributed by atoms with Crippen molar-refractivity contribution in [2.24, 2.45) is 5.92 Å². The Balaban J connectivity index is 1.42. The van der Waals surface area contributed by atoms with Gasteiger partial charge in [-0.1, -0.05) is 25.0 Å². The van der Waals surface area contributed by atoms with Gasteiger partial charge in [0, 0.05) is 19.0 Å². The zero-order chi connectivity index (χ0) is 15.8. The summed E-state index contributed by atoms with van der Waals surface area (Å²) in [6.07, 6.45) is 6.22. The van der Waals surface area contributed by atoms with Crippen LogP contribution in [0.5, 0.6) is 0 Å².